The van der Waals surface area contributed by atoms with E-state index in [-0.39, 0.29) is 23.7 Å². The summed E-state index contributed by atoms with van der Waals surface area (Å²) in [6.07, 6.45) is 2.89. The first-order valence-electron chi connectivity index (χ1n) is 19.1. The molecule has 7 N–H and O–H groups in total. The highest BCUT2D eigenvalue weighted by molar-refractivity contribution is 5.71. The third kappa shape index (κ3) is 10.5. The number of hydrogen-bond acceptors (Lipinski definition) is 8. The third-order valence-corrected chi connectivity index (χ3v) is 11.6. The quantitative estimate of drug-likeness (QED) is 0.0973. The molecule has 0 aromatic heterocycles. The van der Waals surface area contributed by atoms with E-state index in [4.69, 9.17) is 0 Å². The summed E-state index contributed by atoms with van der Waals surface area (Å²) in [4.78, 5) is 26.9. The van der Waals surface area contributed by atoms with Crippen molar-refractivity contribution in [1.29, 1.82) is 0 Å². The fourth-order valence-electron chi connectivity index (χ4n) is 8.80. The summed E-state index contributed by atoms with van der Waals surface area (Å²) in [6.45, 7) is 6.82. The number of nitrogens with one attached hydrogen (secondary N) is 3. The molecule has 3 aromatic rings. The first-order chi connectivity index (χ1) is 25.2. The smallest absolute Gasteiger partial charge is 0.307 e. The number of hydrogen-bond donors (Lipinski definition) is 7. The molecule has 0 bridgehead atoms. The van der Waals surface area contributed by atoms with Gasteiger partial charge in [-0.25, -0.2) is 0 Å². The highest BCUT2D eigenvalue weighted by atomic mass is 16.5. The van der Waals surface area contributed by atoms with E-state index < -0.39 is 30.1 Å². The molecule has 3 aliphatic rings. The zero-order valence-corrected chi connectivity index (χ0v) is 30.1. The van der Waals surface area contributed by atoms with Crippen LogP contribution in [0.25, 0.3) is 0 Å². The summed E-state index contributed by atoms with van der Waals surface area (Å²) in [5.41, 5.74) is 6.47. The van der Waals surface area contributed by atoms with Gasteiger partial charge in [-0.3, -0.25) is 14.5 Å². The predicted octanol–water partition coefficient (Wildman–Crippen LogP) is 3.67. The molecule has 6 rings (SSSR count). The molecule has 10 heteroatoms. The number of rotatable bonds is 18. The van der Waals surface area contributed by atoms with Gasteiger partial charge in [0.15, 0.2) is 6.29 Å². The Morgan fingerprint density at radius 1 is 0.577 bits per heavy atom. The number of nitrogens with zero attached hydrogens (tertiary/aromatic N) is 1. The van der Waals surface area contributed by atoms with Crippen molar-refractivity contribution in [3.05, 3.63) is 106 Å². The first kappa shape index (κ1) is 38.1. The molecular formula is C42H56N4O6. The molecule has 3 aliphatic heterocycles. The fourth-order valence-corrected chi connectivity index (χ4v) is 8.80. The van der Waals surface area contributed by atoms with E-state index in [1.807, 2.05) is 30.3 Å². The number of carboxylic acid groups (broad SMARTS) is 2. The van der Waals surface area contributed by atoms with Crippen molar-refractivity contribution in [2.24, 2.45) is 35.5 Å². The van der Waals surface area contributed by atoms with Gasteiger partial charge in [0.1, 0.15) is 0 Å². The summed E-state index contributed by atoms with van der Waals surface area (Å²) in [7, 11) is 0. The molecule has 0 unspecified atom stereocenters. The monoisotopic (exact) mass is 712 g/mol. The van der Waals surface area contributed by atoms with E-state index >= 15 is 0 Å². The van der Waals surface area contributed by atoms with Crippen molar-refractivity contribution in [3.8, 4) is 0 Å². The Morgan fingerprint density at radius 3 is 1.29 bits per heavy atom. The molecule has 0 aliphatic carbocycles. The summed E-state index contributed by atoms with van der Waals surface area (Å²) in [5.74, 6) is -2.11. The minimum Gasteiger partial charge on any atom is -0.481 e. The number of aliphatic hydroxyl groups is 2. The molecule has 0 spiro atoms. The average Bonchev–Trinajstić information content (AvgIpc) is 3.94. The molecule has 280 valence electrons. The maximum Gasteiger partial charge on any atom is 0.307 e. The Labute approximate surface area is 307 Å². The van der Waals surface area contributed by atoms with Gasteiger partial charge in [0.2, 0.25) is 0 Å². The first-order valence-corrected chi connectivity index (χ1v) is 19.1. The second-order valence-electron chi connectivity index (χ2n) is 15.4. The van der Waals surface area contributed by atoms with Gasteiger partial charge in [-0.2, -0.15) is 0 Å². The Kier molecular flexibility index (Phi) is 13.5. The summed E-state index contributed by atoms with van der Waals surface area (Å²) < 4.78 is 0. The van der Waals surface area contributed by atoms with Crippen molar-refractivity contribution in [2.75, 3.05) is 39.3 Å². The van der Waals surface area contributed by atoms with E-state index in [0.717, 1.165) is 91.9 Å². The van der Waals surface area contributed by atoms with Crippen LogP contribution in [0.4, 0.5) is 0 Å². The van der Waals surface area contributed by atoms with Crippen molar-refractivity contribution in [3.63, 3.8) is 0 Å². The minimum absolute atomic E-state index is 0.124. The van der Waals surface area contributed by atoms with Crippen LogP contribution in [0, 0.1) is 35.5 Å². The van der Waals surface area contributed by atoms with Crippen LogP contribution in [0.15, 0.2) is 72.8 Å². The lowest BCUT2D eigenvalue weighted by atomic mass is 9.85. The van der Waals surface area contributed by atoms with E-state index in [1.165, 1.54) is 0 Å². The van der Waals surface area contributed by atoms with Crippen molar-refractivity contribution < 1.29 is 30.0 Å². The van der Waals surface area contributed by atoms with Gasteiger partial charge in [0.05, 0.1) is 11.8 Å². The van der Waals surface area contributed by atoms with Crippen molar-refractivity contribution >= 4 is 11.9 Å². The van der Waals surface area contributed by atoms with Gasteiger partial charge in [-0.15, -0.1) is 0 Å². The lowest BCUT2D eigenvalue weighted by molar-refractivity contribution is -0.144. The molecule has 52 heavy (non-hydrogen) atoms. The van der Waals surface area contributed by atoms with E-state index in [0.29, 0.717) is 38.9 Å². The van der Waals surface area contributed by atoms with Crippen LogP contribution in [0.3, 0.4) is 0 Å². The van der Waals surface area contributed by atoms with Gasteiger partial charge in [0, 0.05) is 25.6 Å². The molecule has 3 fully saturated rings. The standard InChI is InChI=1S/C42H56N4O6/c47-40(48)37(34-10-13-43-22-34)19-28-4-1-7-31(16-28)25-46(26-32-8-2-5-29(17-32)20-38(41(49)50)35-11-14-44-23-35)27-33-9-3-6-30(18-33)21-39(42(51)52)36-12-15-45-24-36/h1-9,16-18,34-40,43-45,47-48H,10-15,19-27H2,(H,49,50)(H,51,52)/t34-,35-,36-,37-,38-,39-/m0/s1. The topological polar surface area (TPSA) is 154 Å². The largest absolute Gasteiger partial charge is 0.481 e. The second-order valence-corrected chi connectivity index (χ2v) is 15.4. The molecule has 3 aromatic carbocycles. The Bertz CT molecular complexity index is 1530. The van der Waals surface area contributed by atoms with Crippen LogP contribution in [0.5, 0.6) is 0 Å². The van der Waals surface area contributed by atoms with Gasteiger partial charge in [-0.05, 0) is 129 Å². The third-order valence-electron chi connectivity index (χ3n) is 11.6. The van der Waals surface area contributed by atoms with Crippen LogP contribution in [0.2, 0.25) is 0 Å². The van der Waals surface area contributed by atoms with Crippen LogP contribution in [0.1, 0.15) is 52.6 Å². The highest BCUT2D eigenvalue weighted by Gasteiger charge is 2.32. The van der Waals surface area contributed by atoms with E-state index in [1.54, 1.807) is 0 Å². The maximum absolute atomic E-state index is 12.3. The Hall–Kier alpha value is -3.64. The minimum atomic E-state index is -1.37. The average molecular weight is 713 g/mol. The zero-order chi connectivity index (χ0) is 36.5. The zero-order valence-electron chi connectivity index (χ0n) is 30.1. The number of aliphatic hydroxyl groups excluding tert-OH is 1. The van der Waals surface area contributed by atoms with Crippen LogP contribution in [-0.2, 0) is 48.5 Å². The fraction of sp³-hybridized carbons (Fsp3) is 0.524. The van der Waals surface area contributed by atoms with Crippen molar-refractivity contribution in [2.45, 2.75) is 64.4 Å². The lowest BCUT2D eigenvalue weighted by Crippen LogP contribution is -2.31. The molecule has 3 heterocycles. The number of carbonyl (C=O) groups is 2. The molecule has 6 atom stereocenters. The Morgan fingerprint density at radius 2 is 0.942 bits per heavy atom. The summed E-state index contributed by atoms with van der Waals surface area (Å²) in [6, 6.07) is 25.0. The van der Waals surface area contributed by atoms with Gasteiger partial charge >= 0.3 is 11.9 Å². The highest BCUT2D eigenvalue weighted by Crippen LogP contribution is 2.28. The molecular weight excluding hydrogens is 656 g/mol. The SMILES string of the molecule is O=C(O)[C@@H](Cc1cccc(CN(Cc2cccc(C[C@H](C(=O)O)[C@H]3CCNC3)c2)Cc2cccc(C[C@H](C(O)O)[C@H]3CCNC3)c2)c1)[C@H]1CCNC1. The van der Waals surface area contributed by atoms with Crippen molar-refractivity contribution in [1.82, 2.24) is 20.9 Å². The molecule has 10 nitrogen and oxygen atoms in total. The molecule has 0 saturated carbocycles. The number of benzene rings is 3. The van der Waals surface area contributed by atoms with Gasteiger partial charge < -0.3 is 36.4 Å². The number of aliphatic carboxylic acids is 2. The van der Waals surface area contributed by atoms with E-state index in [2.05, 4.69) is 63.3 Å². The molecule has 0 amide bonds. The lowest BCUT2D eigenvalue weighted by Gasteiger charge is -2.26. The molecule has 0 radical (unpaired) electrons. The van der Waals surface area contributed by atoms with Crippen LogP contribution >= 0.6 is 0 Å². The Balaban J connectivity index is 1.22. The maximum atomic E-state index is 12.3. The van der Waals surface area contributed by atoms with Gasteiger partial charge in [-0.1, -0.05) is 72.8 Å². The number of carboxylic acids is 2. The van der Waals surface area contributed by atoms with E-state index in [9.17, 15) is 30.0 Å². The molecule has 3 saturated heterocycles. The van der Waals surface area contributed by atoms with Gasteiger partial charge in [0.25, 0.3) is 0 Å². The normalized spacial score (nSPS) is 22.2. The van der Waals surface area contributed by atoms with Crippen LogP contribution < -0.4 is 16.0 Å². The predicted molar refractivity (Wildman–Crippen MR) is 200 cm³/mol. The summed E-state index contributed by atoms with van der Waals surface area (Å²) in [5, 5.41) is 50.7. The summed E-state index contributed by atoms with van der Waals surface area (Å²) >= 11 is 0. The second kappa shape index (κ2) is 18.4. The van der Waals surface area contributed by atoms with Crippen LogP contribution in [-0.4, -0.2) is 82.8 Å².